The smallest absolute Gasteiger partial charge is 0.0136 e. The maximum atomic E-state index is 2.38. The van der Waals surface area contributed by atoms with Gasteiger partial charge in [-0.05, 0) is 114 Å². The number of fused-ring (bicyclic) bond motifs is 5. The Morgan fingerprint density at radius 3 is 0.775 bits per heavy atom. The zero-order chi connectivity index (χ0) is 27.6. The van der Waals surface area contributed by atoms with Gasteiger partial charge in [-0.15, -0.1) is 0 Å². The van der Waals surface area contributed by atoms with Crippen LogP contribution in [0.5, 0.6) is 0 Å². The predicted octanol–water partition coefficient (Wildman–Crippen LogP) is 11.4. The molecule has 0 radical (unpaired) electrons. The molecule has 7 aromatic carbocycles. The molecule has 198 valence electrons. The average molecular weight is 519 g/mol. The van der Waals surface area contributed by atoms with E-state index in [0.717, 1.165) is 25.7 Å². The van der Waals surface area contributed by atoms with Gasteiger partial charge in [0.1, 0.15) is 0 Å². The van der Waals surface area contributed by atoms with E-state index in [4.69, 9.17) is 0 Å². The van der Waals surface area contributed by atoms with Gasteiger partial charge in [-0.2, -0.15) is 0 Å². The van der Waals surface area contributed by atoms with E-state index in [1.165, 1.54) is 76.1 Å². The van der Waals surface area contributed by atoms with E-state index in [-0.39, 0.29) is 0 Å². The van der Waals surface area contributed by atoms with Crippen molar-refractivity contribution in [1.29, 1.82) is 0 Å². The maximum absolute atomic E-state index is 2.38. The summed E-state index contributed by atoms with van der Waals surface area (Å²) < 4.78 is 0. The lowest BCUT2D eigenvalue weighted by atomic mass is 9.88. The first-order chi connectivity index (χ1) is 19.7. The first-order valence-electron chi connectivity index (χ1n) is 15.0. The summed E-state index contributed by atoms with van der Waals surface area (Å²) >= 11 is 0. The number of hydrogen-bond acceptors (Lipinski definition) is 0. The molecule has 0 heterocycles. The summed E-state index contributed by atoms with van der Waals surface area (Å²) in [6, 6.07) is 40.0. The van der Waals surface area contributed by atoms with Crippen molar-refractivity contribution in [3.05, 3.63) is 131 Å². The molecule has 0 nitrogen and oxygen atoms in total. The van der Waals surface area contributed by atoms with Crippen molar-refractivity contribution in [3.8, 4) is 0 Å². The lowest BCUT2D eigenvalue weighted by molar-refractivity contribution is 1.15. The first-order valence-corrected chi connectivity index (χ1v) is 15.0. The highest BCUT2D eigenvalue weighted by Gasteiger charge is 2.13. The molecule has 0 saturated heterocycles. The SMILES string of the molecule is CCc1c2ccccc2c(CC)c2cc3ccccc3cc12.CCc1c2ccccc2c(CC)c2ccccc12. The van der Waals surface area contributed by atoms with Crippen LogP contribution >= 0.6 is 0 Å². The Kier molecular flexibility index (Phi) is 7.27. The summed E-state index contributed by atoms with van der Waals surface area (Å²) in [6.45, 7) is 9.03. The maximum Gasteiger partial charge on any atom is -0.0136 e. The second kappa shape index (κ2) is 11.1. The van der Waals surface area contributed by atoms with Gasteiger partial charge in [0.15, 0.2) is 0 Å². The Bertz CT molecular complexity index is 1790. The molecule has 0 amide bonds. The molecular formula is C40H38. The standard InChI is InChI=1S/C22H20.C18H18/c1-3-17-19-11-7-8-12-20(19)18(4-2)22-14-16-10-6-5-9-15(16)13-21(17)22;1-3-13-15-9-5-7-11-17(15)14(4-2)18-12-8-6-10-16(13)18/h5-14H,3-4H2,1-2H3;5-12H,3-4H2,1-2H3. The van der Waals surface area contributed by atoms with Gasteiger partial charge in [-0.25, -0.2) is 0 Å². The van der Waals surface area contributed by atoms with Gasteiger partial charge in [-0.1, -0.05) is 125 Å². The first kappa shape index (κ1) is 26.1. The summed E-state index contributed by atoms with van der Waals surface area (Å²) in [5, 5.41) is 14.1. The lowest BCUT2D eigenvalue weighted by Gasteiger charge is -2.16. The molecule has 0 aliphatic carbocycles. The van der Waals surface area contributed by atoms with Crippen LogP contribution in [0.15, 0.2) is 109 Å². The molecule has 0 N–H and O–H groups in total. The summed E-state index contributed by atoms with van der Waals surface area (Å²) in [6.07, 6.45) is 4.31. The molecule has 0 saturated carbocycles. The summed E-state index contributed by atoms with van der Waals surface area (Å²) in [5.74, 6) is 0. The highest BCUT2D eigenvalue weighted by atomic mass is 14.2. The third kappa shape index (κ3) is 4.33. The zero-order valence-corrected chi connectivity index (χ0v) is 24.2. The van der Waals surface area contributed by atoms with Gasteiger partial charge < -0.3 is 0 Å². The molecule has 0 bridgehead atoms. The van der Waals surface area contributed by atoms with E-state index in [1.807, 2.05) is 0 Å². The Balaban J connectivity index is 0.000000148. The van der Waals surface area contributed by atoms with Crippen LogP contribution < -0.4 is 0 Å². The molecule has 7 rings (SSSR count). The number of hydrogen-bond donors (Lipinski definition) is 0. The van der Waals surface area contributed by atoms with Gasteiger partial charge in [0.05, 0.1) is 0 Å². The van der Waals surface area contributed by atoms with Crippen LogP contribution in [0.3, 0.4) is 0 Å². The predicted molar refractivity (Wildman–Crippen MR) is 178 cm³/mol. The molecule has 0 aliphatic rings. The van der Waals surface area contributed by atoms with Crippen molar-refractivity contribution in [2.75, 3.05) is 0 Å². The second-order valence-corrected chi connectivity index (χ2v) is 10.7. The van der Waals surface area contributed by atoms with Gasteiger partial charge >= 0.3 is 0 Å². The van der Waals surface area contributed by atoms with Crippen LogP contribution in [-0.4, -0.2) is 0 Å². The molecule has 0 aliphatic heterocycles. The highest BCUT2D eigenvalue weighted by molar-refractivity contribution is 6.10. The van der Waals surface area contributed by atoms with E-state index in [0.29, 0.717) is 0 Å². The van der Waals surface area contributed by atoms with Crippen molar-refractivity contribution in [1.82, 2.24) is 0 Å². The lowest BCUT2D eigenvalue weighted by Crippen LogP contribution is -1.94. The molecular weight excluding hydrogens is 480 g/mol. The van der Waals surface area contributed by atoms with Crippen LogP contribution in [0, 0.1) is 0 Å². The molecule has 0 spiro atoms. The molecule has 0 fully saturated rings. The molecule has 0 aromatic heterocycles. The molecule has 40 heavy (non-hydrogen) atoms. The summed E-state index contributed by atoms with van der Waals surface area (Å²) in [5.41, 5.74) is 5.93. The van der Waals surface area contributed by atoms with E-state index in [9.17, 15) is 0 Å². The number of aryl methyl sites for hydroxylation is 4. The fourth-order valence-electron chi connectivity index (χ4n) is 6.87. The quantitative estimate of drug-likeness (QED) is 0.203. The molecule has 0 atom stereocenters. The van der Waals surface area contributed by atoms with Crippen molar-refractivity contribution in [2.45, 2.75) is 53.4 Å². The fraction of sp³-hybridized carbons (Fsp3) is 0.200. The van der Waals surface area contributed by atoms with Gasteiger partial charge in [-0.3, -0.25) is 0 Å². The Hall–Kier alpha value is -4.16. The average Bonchev–Trinajstić information content (AvgIpc) is 3.01. The minimum atomic E-state index is 1.07. The van der Waals surface area contributed by atoms with Crippen LogP contribution in [0.4, 0.5) is 0 Å². The second-order valence-electron chi connectivity index (χ2n) is 10.7. The normalized spacial score (nSPS) is 11.4. The molecule has 7 aromatic rings. The molecule has 0 unspecified atom stereocenters. The van der Waals surface area contributed by atoms with Crippen molar-refractivity contribution >= 4 is 53.9 Å². The van der Waals surface area contributed by atoms with Gasteiger partial charge in [0.2, 0.25) is 0 Å². The molecule has 0 heteroatoms. The van der Waals surface area contributed by atoms with Crippen molar-refractivity contribution < 1.29 is 0 Å². The minimum absolute atomic E-state index is 1.07. The summed E-state index contributed by atoms with van der Waals surface area (Å²) in [4.78, 5) is 0. The van der Waals surface area contributed by atoms with Crippen LogP contribution in [0.25, 0.3) is 53.9 Å². The Labute approximate surface area is 238 Å². The van der Waals surface area contributed by atoms with Crippen molar-refractivity contribution in [2.24, 2.45) is 0 Å². The van der Waals surface area contributed by atoms with E-state index in [2.05, 4.69) is 137 Å². The zero-order valence-electron chi connectivity index (χ0n) is 24.2. The van der Waals surface area contributed by atoms with Crippen LogP contribution in [-0.2, 0) is 25.7 Å². The highest BCUT2D eigenvalue weighted by Crippen LogP contribution is 2.36. The number of rotatable bonds is 4. The monoisotopic (exact) mass is 518 g/mol. The van der Waals surface area contributed by atoms with Gasteiger partial charge in [0.25, 0.3) is 0 Å². The third-order valence-corrected chi connectivity index (χ3v) is 8.68. The van der Waals surface area contributed by atoms with E-state index in [1.54, 1.807) is 0 Å². The Morgan fingerprint density at radius 2 is 0.525 bits per heavy atom. The third-order valence-electron chi connectivity index (χ3n) is 8.68. The van der Waals surface area contributed by atoms with Crippen LogP contribution in [0.1, 0.15) is 49.9 Å². The van der Waals surface area contributed by atoms with E-state index < -0.39 is 0 Å². The van der Waals surface area contributed by atoms with E-state index >= 15 is 0 Å². The summed E-state index contributed by atoms with van der Waals surface area (Å²) in [7, 11) is 0. The minimum Gasteiger partial charge on any atom is -0.0616 e. The number of benzene rings is 7. The van der Waals surface area contributed by atoms with Gasteiger partial charge in [0, 0.05) is 0 Å². The Morgan fingerprint density at radius 1 is 0.300 bits per heavy atom. The van der Waals surface area contributed by atoms with Crippen molar-refractivity contribution in [3.63, 3.8) is 0 Å². The topological polar surface area (TPSA) is 0 Å². The van der Waals surface area contributed by atoms with Crippen LogP contribution in [0.2, 0.25) is 0 Å². The fourth-order valence-corrected chi connectivity index (χ4v) is 6.87. The largest absolute Gasteiger partial charge is 0.0616 e.